The Balaban J connectivity index is 1.01. The molecule has 3 heteroatoms. The van der Waals surface area contributed by atoms with E-state index < -0.39 is 0 Å². The minimum atomic E-state index is -0.133. The van der Waals surface area contributed by atoms with Crippen molar-refractivity contribution in [3.05, 3.63) is 236 Å². The van der Waals surface area contributed by atoms with Crippen molar-refractivity contribution in [2.45, 2.75) is 19.3 Å². The van der Waals surface area contributed by atoms with Crippen LogP contribution < -0.4 is 0 Å². The molecule has 0 spiro atoms. The summed E-state index contributed by atoms with van der Waals surface area (Å²) >= 11 is 0. The summed E-state index contributed by atoms with van der Waals surface area (Å²) in [7, 11) is 0. The van der Waals surface area contributed by atoms with Crippen molar-refractivity contribution < 1.29 is 0 Å². The van der Waals surface area contributed by atoms with E-state index in [2.05, 4.69) is 237 Å². The molecular formula is C63H43N3. The number of hydrogen-bond donors (Lipinski definition) is 0. The Morgan fingerprint density at radius 3 is 1.71 bits per heavy atom. The highest BCUT2D eigenvalue weighted by atomic mass is 15.0. The van der Waals surface area contributed by atoms with Crippen LogP contribution in [0.3, 0.4) is 0 Å². The van der Waals surface area contributed by atoms with Gasteiger partial charge < -0.3 is 4.57 Å². The van der Waals surface area contributed by atoms with Crippen molar-refractivity contribution in [2.75, 3.05) is 0 Å². The zero-order valence-electron chi connectivity index (χ0n) is 36.7. The Kier molecular flexibility index (Phi) is 8.56. The molecule has 0 N–H and O–H groups in total. The molecule has 0 saturated heterocycles. The summed E-state index contributed by atoms with van der Waals surface area (Å²) in [6.07, 6.45) is 0. The zero-order valence-corrected chi connectivity index (χ0v) is 36.7. The minimum absolute atomic E-state index is 0.133. The Hall–Kier alpha value is -8.40. The average molecular weight is 842 g/mol. The predicted molar refractivity (Wildman–Crippen MR) is 276 cm³/mol. The topological polar surface area (TPSA) is 30.7 Å². The second kappa shape index (κ2) is 14.8. The van der Waals surface area contributed by atoms with Gasteiger partial charge in [-0.1, -0.05) is 196 Å². The van der Waals surface area contributed by atoms with Gasteiger partial charge in [-0.2, -0.15) is 0 Å². The molecule has 12 aromatic rings. The summed E-state index contributed by atoms with van der Waals surface area (Å²) in [5.41, 5.74) is 18.4. The number of benzene rings is 10. The van der Waals surface area contributed by atoms with Crippen LogP contribution in [0.2, 0.25) is 0 Å². The third-order valence-electron chi connectivity index (χ3n) is 14.0. The van der Waals surface area contributed by atoms with E-state index in [9.17, 15) is 0 Å². The van der Waals surface area contributed by atoms with E-state index >= 15 is 0 Å². The van der Waals surface area contributed by atoms with E-state index in [1.165, 1.54) is 76.9 Å². The fraction of sp³-hybridized carbons (Fsp3) is 0.0476. The first-order chi connectivity index (χ1) is 32.5. The minimum Gasteiger partial charge on any atom is -0.309 e. The number of nitrogens with zero attached hydrogens (tertiary/aromatic N) is 3. The van der Waals surface area contributed by atoms with Gasteiger partial charge in [0.2, 0.25) is 0 Å². The van der Waals surface area contributed by atoms with E-state index in [0.29, 0.717) is 5.82 Å². The lowest BCUT2D eigenvalue weighted by Crippen LogP contribution is -2.14. The van der Waals surface area contributed by atoms with E-state index in [-0.39, 0.29) is 5.41 Å². The summed E-state index contributed by atoms with van der Waals surface area (Å²) in [6, 6.07) is 81.3. The van der Waals surface area contributed by atoms with Crippen molar-refractivity contribution in [2.24, 2.45) is 0 Å². The third kappa shape index (κ3) is 5.83. The Morgan fingerprint density at radius 2 is 0.924 bits per heavy atom. The van der Waals surface area contributed by atoms with Gasteiger partial charge >= 0.3 is 0 Å². The first kappa shape index (κ1) is 38.1. The number of rotatable bonds is 6. The van der Waals surface area contributed by atoms with Crippen molar-refractivity contribution in [1.29, 1.82) is 0 Å². The van der Waals surface area contributed by atoms with Crippen LogP contribution in [0.15, 0.2) is 224 Å². The standard InChI is InChI=1S/C63H43N3/c1-63(2)54-32-17-30-50(60(54)53-37-41-21-9-10-22-42(41)38-55(53)63)47-35-36-49(45-26-12-11-25-44(45)47)57-39-56(64-62(65-57)40-19-5-3-6-20-40)48-28-14-13-27-46(48)51-31-18-34-59-61(51)52-29-15-16-33-58(52)66(59)43-23-7-4-8-24-43/h3-39H,1-2H3. The molecule has 0 bridgehead atoms. The van der Waals surface area contributed by atoms with Crippen LogP contribution in [0.25, 0.3) is 116 Å². The molecule has 13 rings (SSSR count). The molecule has 0 fully saturated rings. The van der Waals surface area contributed by atoms with Crippen LogP contribution in [-0.4, -0.2) is 14.5 Å². The summed E-state index contributed by atoms with van der Waals surface area (Å²) in [6.45, 7) is 4.74. The molecule has 1 aliphatic rings. The lowest BCUT2D eigenvalue weighted by molar-refractivity contribution is 0.661. The molecule has 0 amide bonds. The fourth-order valence-corrected chi connectivity index (χ4v) is 10.9. The SMILES string of the molecule is CC1(C)c2cc3ccccc3cc2-c2c(-c3ccc(-c4cc(-c5ccccc5-c5cccc6c5c5ccccc5n6-c5ccccc5)nc(-c5ccccc5)n4)c4ccccc34)cccc21. The zero-order chi connectivity index (χ0) is 43.9. The van der Waals surface area contributed by atoms with E-state index in [4.69, 9.17) is 9.97 Å². The molecule has 10 aromatic carbocycles. The van der Waals surface area contributed by atoms with Crippen LogP contribution in [0.5, 0.6) is 0 Å². The van der Waals surface area contributed by atoms with E-state index in [0.717, 1.165) is 44.7 Å². The monoisotopic (exact) mass is 841 g/mol. The number of hydrogen-bond acceptors (Lipinski definition) is 2. The maximum absolute atomic E-state index is 5.41. The van der Waals surface area contributed by atoms with Crippen molar-refractivity contribution in [3.63, 3.8) is 0 Å². The summed E-state index contributed by atoms with van der Waals surface area (Å²) < 4.78 is 2.38. The number of para-hydroxylation sites is 2. The second-order valence-corrected chi connectivity index (χ2v) is 18.1. The molecule has 0 aliphatic heterocycles. The Bertz CT molecular complexity index is 3900. The molecule has 2 aromatic heterocycles. The highest BCUT2D eigenvalue weighted by Gasteiger charge is 2.37. The number of aromatic nitrogens is 3. The van der Waals surface area contributed by atoms with Gasteiger partial charge in [-0.05, 0) is 109 Å². The van der Waals surface area contributed by atoms with Gasteiger partial charge in [-0.25, -0.2) is 9.97 Å². The molecular weight excluding hydrogens is 799 g/mol. The van der Waals surface area contributed by atoms with E-state index in [1.54, 1.807) is 0 Å². The summed E-state index contributed by atoms with van der Waals surface area (Å²) in [5, 5.41) is 7.32. The first-order valence-electron chi connectivity index (χ1n) is 22.8. The van der Waals surface area contributed by atoms with E-state index in [1.807, 2.05) is 6.07 Å². The Morgan fingerprint density at radius 1 is 0.364 bits per heavy atom. The highest BCUT2D eigenvalue weighted by Crippen LogP contribution is 2.54. The molecule has 2 heterocycles. The molecule has 0 radical (unpaired) electrons. The lowest BCUT2D eigenvalue weighted by atomic mass is 9.81. The smallest absolute Gasteiger partial charge is 0.160 e. The third-order valence-corrected chi connectivity index (χ3v) is 14.0. The molecule has 0 unspecified atom stereocenters. The molecule has 66 heavy (non-hydrogen) atoms. The van der Waals surface area contributed by atoms with Gasteiger partial charge in [0.1, 0.15) is 0 Å². The van der Waals surface area contributed by atoms with Crippen molar-refractivity contribution in [1.82, 2.24) is 14.5 Å². The Labute approximate surface area is 384 Å². The molecule has 0 saturated carbocycles. The van der Waals surface area contributed by atoms with Crippen molar-refractivity contribution in [3.8, 4) is 73.0 Å². The lowest BCUT2D eigenvalue weighted by Gasteiger charge is -2.22. The average Bonchev–Trinajstić information content (AvgIpc) is 3.83. The molecule has 310 valence electrons. The first-order valence-corrected chi connectivity index (χ1v) is 22.8. The van der Waals surface area contributed by atoms with Gasteiger partial charge in [0.25, 0.3) is 0 Å². The van der Waals surface area contributed by atoms with Gasteiger partial charge in [-0.15, -0.1) is 0 Å². The predicted octanol–water partition coefficient (Wildman–Crippen LogP) is 16.5. The number of fused-ring (bicyclic) bond motifs is 8. The van der Waals surface area contributed by atoms with Gasteiger partial charge in [0.15, 0.2) is 5.82 Å². The molecule has 3 nitrogen and oxygen atoms in total. The highest BCUT2D eigenvalue weighted by molar-refractivity contribution is 6.17. The van der Waals surface area contributed by atoms with Crippen molar-refractivity contribution >= 4 is 43.4 Å². The van der Waals surface area contributed by atoms with Crippen LogP contribution in [0.1, 0.15) is 25.0 Å². The fourth-order valence-electron chi connectivity index (χ4n) is 10.9. The molecule has 0 atom stereocenters. The van der Waals surface area contributed by atoms with Crippen LogP contribution in [-0.2, 0) is 5.41 Å². The largest absolute Gasteiger partial charge is 0.309 e. The normalized spacial score (nSPS) is 12.8. The van der Waals surface area contributed by atoms with Gasteiger partial charge in [0, 0.05) is 38.6 Å². The summed E-state index contributed by atoms with van der Waals surface area (Å²) in [5.74, 6) is 0.692. The quantitative estimate of drug-likeness (QED) is 0.167. The van der Waals surface area contributed by atoms with Crippen LogP contribution in [0, 0.1) is 0 Å². The molecule has 1 aliphatic carbocycles. The second-order valence-electron chi connectivity index (χ2n) is 18.1. The van der Waals surface area contributed by atoms with Gasteiger partial charge in [-0.3, -0.25) is 0 Å². The van der Waals surface area contributed by atoms with Gasteiger partial charge in [0.05, 0.1) is 22.4 Å². The van der Waals surface area contributed by atoms with Crippen LogP contribution >= 0.6 is 0 Å². The maximum atomic E-state index is 5.41. The summed E-state index contributed by atoms with van der Waals surface area (Å²) in [4.78, 5) is 10.8. The maximum Gasteiger partial charge on any atom is 0.160 e. The van der Waals surface area contributed by atoms with Crippen LogP contribution in [0.4, 0.5) is 0 Å².